The van der Waals surface area contributed by atoms with Gasteiger partial charge in [0.15, 0.2) is 0 Å². The second-order valence-corrected chi connectivity index (χ2v) is 9.63. The minimum atomic E-state index is -1.31. The molecule has 0 spiro atoms. The van der Waals surface area contributed by atoms with Crippen molar-refractivity contribution in [1.82, 2.24) is 0 Å². The molecule has 0 aromatic rings. The van der Waals surface area contributed by atoms with Crippen LogP contribution in [-0.4, -0.2) is 0 Å². The minimum absolute atomic E-state index is 1.20. The molecule has 0 radical (unpaired) electrons. The summed E-state index contributed by atoms with van der Waals surface area (Å²) in [4.78, 5) is 0. The van der Waals surface area contributed by atoms with Crippen molar-refractivity contribution in [2.75, 3.05) is 0 Å². The van der Waals surface area contributed by atoms with Crippen LogP contribution in [0.1, 0.15) is 19.3 Å². The van der Waals surface area contributed by atoms with E-state index in [1.165, 1.54) is 19.3 Å². The normalized spacial score (nSPS) is 22.5. The van der Waals surface area contributed by atoms with E-state index in [9.17, 15) is 0 Å². The molecule has 3 rings (SSSR count). The van der Waals surface area contributed by atoms with E-state index in [-0.39, 0.29) is 0 Å². The SMILES string of the molecule is C1=CC[C]([Tb]([C]2=CC=CC2)[C]2=CC=CC2)=C1. The molecule has 0 nitrogen and oxygen atoms in total. The van der Waals surface area contributed by atoms with Crippen molar-refractivity contribution >= 4 is 0 Å². The molecule has 0 heterocycles. The molecule has 84 valence electrons. The van der Waals surface area contributed by atoms with Crippen LogP contribution in [0.15, 0.2) is 59.3 Å². The Hall–Kier alpha value is -0.274. The Bertz CT molecular complexity index is 398. The van der Waals surface area contributed by atoms with Gasteiger partial charge in [-0.05, 0) is 0 Å². The molecular formula is C15H15Tb. The molecule has 0 N–H and O–H groups in total. The molecule has 0 saturated carbocycles. The Kier molecular flexibility index (Phi) is 3.34. The molecule has 3 aliphatic rings. The Morgan fingerprint density at radius 3 is 1.25 bits per heavy atom. The van der Waals surface area contributed by atoms with Crippen LogP contribution in [0.25, 0.3) is 0 Å². The number of rotatable bonds is 3. The van der Waals surface area contributed by atoms with Gasteiger partial charge in [-0.1, -0.05) is 0 Å². The van der Waals surface area contributed by atoms with Crippen LogP contribution in [-0.2, 0) is 0 Å². The number of allylic oxidation sites excluding steroid dienone is 12. The Morgan fingerprint density at radius 2 is 1.00 bits per heavy atom. The maximum absolute atomic E-state index is 2.37. The van der Waals surface area contributed by atoms with Crippen LogP contribution in [0.5, 0.6) is 0 Å². The van der Waals surface area contributed by atoms with E-state index in [1.54, 1.807) is 4.63 Å². The van der Waals surface area contributed by atoms with Crippen molar-refractivity contribution in [1.29, 1.82) is 0 Å². The fourth-order valence-corrected chi connectivity index (χ4v) is 8.42. The van der Waals surface area contributed by atoms with Gasteiger partial charge in [-0.3, -0.25) is 0 Å². The Morgan fingerprint density at radius 1 is 0.625 bits per heavy atom. The van der Waals surface area contributed by atoms with Gasteiger partial charge in [0.25, 0.3) is 0 Å². The summed E-state index contributed by atoms with van der Waals surface area (Å²) in [6.07, 6.45) is 24.3. The van der Waals surface area contributed by atoms with Crippen LogP contribution in [0, 0.1) is 32.7 Å². The summed E-state index contributed by atoms with van der Waals surface area (Å²) in [5.41, 5.74) is 0. The van der Waals surface area contributed by atoms with Crippen molar-refractivity contribution in [3.63, 3.8) is 0 Å². The van der Waals surface area contributed by atoms with Crippen molar-refractivity contribution in [3.05, 3.63) is 59.3 Å². The molecule has 1 heteroatoms. The van der Waals surface area contributed by atoms with Gasteiger partial charge in [-0.25, -0.2) is 0 Å². The molecule has 16 heavy (non-hydrogen) atoms. The van der Waals surface area contributed by atoms with Crippen molar-refractivity contribution < 1.29 is 32.7 Å². The first-order valence-corrected chi connectivity index (χ1v) is 8.86. The molecule has 0 fully saturated rings. The molecular weight excluding hydrogens is 339 g/mol. The Labute approximate surface area is 110 Å². The van der Waals surface area contributed by atoms with Gasteiger partial charge in [-0.15, -0.1) is 0 Å². The van der Waals surface area contributed by atoms with Crippen molar-refractivity contribution in [3.8, 4) is 0 Å². The van der Waals surface area contributed by atoms with Gasteiger partial charge < -0.3 is 0 Å². The molecule has 0 bridgehead atoms. The van der Waals surface area contributed by atoms with Gasteiger partial charge in [0.2, 0.25) is 0 Å². The second kappa shape index (κ2) is 4.93. The van der Waals surface area contributed by atoms with Gasteiger partial charge in [-0.2, -0.15) is 0 Å². The van der Waals surface area contributed by atoms with Crippen molar-refractivity contribution in [2.24, 2.45) is 0 Å². The molecule has 3 aliphatic carbocycles. The summed E-state index contributed by atoms with van der Waals surface area (Å²) in [6, 6.07) is 0. The van der Waals surface area contributed by atoms with Gasteiger partial charge in [0.1, 0.15) is 0 Å². The molecule has 0 aliphatic heterocycles. The fourth-order valence-electron chi connectivity index (χ4n) is 2.02. The average Bonchev–Trinajstić information content (AvgIpc) is 3.02. The summed E-state index contributed by atoms with van der Waals surface area (Å²) >= 11 is -1.31. The number of hydrogen-bond donors (Lipinski definition) is 0. The number of hydrogen-bond acceptors (Lipinski definition) is 0. The van der Waals surface area contributed by atoms with Crippen LogP contribution >= 0.6 is 0 Å². The third-order valence-corrected chi connectivity index (χ3v) is 9.27. The summed E-state index contributed by atoms with van der Waals surface area (Å²) in [5, 5.41) is 0. The van der Waals surface area contributed by atoms with E-state index in [1.807, 2.05) is 0 Å². The molecule has 0 amide bonds. The van der Waals surface area contributed by atoms with Gasteiger partial charge >= 0.3 is 111 Å². The van der Waals surface area contributed by atoms with Gasteiger partial charge in [0, 0.05) is 0 Å². The monoisotopic (exact) mass is 354 g/mol. The third kappa shape index (κ3) is 2.08. The zero-order chi connectivity index (χ0) is 10.8. The van der Waals surface area contributed by atoms with Crippen LogP contribution in [0.4, 0.5) is 0 Å². The van der Waals surface area contributed by atoms with Crippen LogP contribution in [0.3, 0.4) is 0 Å². The zero-order valence-corrected chi connectivity index (χ0v) is 11.3. The first-order chi connectivity index (χ1) is 7.95. The van der Waals surface area contributed by atoms with Gasteiger partial charge in [0.05, 0.1) is 0 Å². The summed E-state index contributed by atoms with van der Waals surface area (Å²) in [5.74, 6) is 0. The van der Waals surface area contributed by atoms with E-state index < -0.39 is 32.7 Å². The predicted octanol–water partition coefficient (Wildman–Crippen LogP) is 4.14. The predicted molar refractivity (Wildman–Crippen MR) is 65.5 cm³/mol. The van der Waals surface area contributed by atoms with E-state index in [0.29, 0.717) is 0 Å². The van der Waals surface area contributed by atoms with Crippen LogP contribution in [0.2, 0.25) is 0 Å². The zero-order valence-electron chi connectivity index (χ0n) is 9.15. The first kappa shape index (κ1) is 10.9. The summed E-state index contributed by atoms with van der Waals surface area (Å²) < 4.78 is 5.18. The molecule has 0 aromatic carbocycles. The molecule has 0 saturated heterocycles. The van der Waals surface area contributed by atoms with E-state index >= 15 is 0 Å². The average molecular weight is 354 g/mol. The van der Waals surface area contributed by atoms with E-state index in [2.05, 4.69) is 54.7 Å². The molecule has 0 unspecified atom stereocenters. The second-order valence-electron chi connectivity index (χ2n) is 3.90. The van der Waals surface area contributed by atoms with Crippen LogP contribution < -0.4 is 0 Å². The van der Waals surface area contributed by atoms with E-state index in [4.69, 9.17) is 0 Å². The van der Waals surface area contributed by atoms with Crippen molar-refractivity contribution in [2.45, 2.75) is 19.3 Å². The maximum atomic E-state index is 2.37. The third-order valence-electron chi connectivity index (χ3n) is 2.77. The Balaban J connectivity index is 1.89. The fraction of sp³-hybridized carbons (Fsp3) is 0.200. The molecule has 0 aromatic heterocycles. The standard InChI is InChI=1S/3C5H5.Tb/c3*1-2-4-5-3-1;/h3*1-3H,4H2;. The summed E-state index contributed by atoms with van der Waals surface area (Å²) in [7, 11) is 0. The topological polar surface area (TPSA) is 0 Å². The first-order valence-electron chi connectivity index (χ1n) is 5.65. The summed E-state index contributed by atoms with van der Waals surface area (Å²) in [6.45, 7) is 0. The van der Waals surface area contributed by atoms with E-state index in [0.717, 1.165) is 0 Å². The molecule has 0 atom stereocenters. The quantitative estimate of drug-likeness (QED) is 0.715.